The van der Waals surface area contributed by atoms with Gasteiger partial charge in [0, 0.05) is 27.2 Å². The van der Waals surface area contributed by atoms with Crippen LogP contribution in [0.4, 0.5) is 11.4 Å². The number of hydrogen-bond donors (Lipinski definition) is 1. The van der Waals surface area contributed by atoms with E-state index in [1.165, 1.54) is 37.1 Å². The van der Waals surface area contributed by atoms with Crippen molar-refractivity contribution in [2.75, 3.05) is 37.5 Å². The van der Waals surface area contributed by atoms with Crippen LogP contribution in [0.15, 0.2) is 24.3 Å². The summed E-state index contributed by atoms with van der Waals surface area (Å²) >= 11 is 0. The highest BCUT2D eigenvalue weighted by Gasteiger charge is 2.14. The molecule has 1 unspecified atom stereocenters. The molecule has 0 aliphatic carbocycles. The number of anilines is 2. The number of para-hydroxylation sites is 2. The van der Waals surface area contributed by atoms with E-state index >= 15 is 0 Å². The number of hydrogen-bond acceptors (Lipinski definition) is 3. The molecule has 18 heavy (non-hydrogen) atoms. The fourth-order valence-corrected chi connectivity index (χ4v) is 2.44. The number of rotatable bonds is 6. The topological polar surface area (TPSA) is 24.5 Å². The Hall–Kier alpha value is -1.22. The molecule has 0 spiro atoms. The van der Waals surface area contributed by atoms with Gasteiger partial charge in [0.05, 0.1) is 17.5 Å². The van der Waals surface area contributed by atoms with Gasteiger partial charge in [-0.25, -0.2) is 0 Å². The Kier molecular flexibility index (Phi) is 4.88. The first-order valence-electron chi connectivity index (χ1n) is 6.89. The summed E-state index contributed by atoms with van der Waals surface area (Å²) in [6.07, 6.45) is 5.34. The van der Waals surface area contributed by atoms with Gasteiger partial charge >= 0.3 is 0 Å². The molecule has 1 saturated heterocycles. The number of ether oxygens (including phenoxy) is 1. The van der Waals surface area contributed by atoms with Crippen LogP contribution in [0.1, 0.15) is 25.7 Å². The third-order valence-corrected chi connectivity index (χ3v) is 3.43. The maximum Gasteiger partial charge on any atom is 0.0596 e. The summed E-state index contributed by atoms with van der Waals surface area (Å²) in [6, 6.07) is 8.44. The normalized spacial score (nSPS) is 18.9. The average Bonchev–Trinajstić information content (AvgIpc) is 2.88. The highest BCUT2D eigenvalue weighted by molar-refractivity contribution is 5.69. The molecular formula is C15H24N2O. The summed E-state index contributed by atoms with van der Waals surface area (Å²) in [4.78, 5) is 2.14. The van der Waals surface area contributed by atoms with Gasteiger partial charge in [0.2, 0.25) is 0 Å². The van der Waals surface area contributed by atoms with Crippen molar-refractivity contribution in [1.82, 2.24) is 0 Å². The Morgan fingerprint density at radius 2 is 2.17 bits per heavy atom. The van der Waals surface area contributed by atoms with Gasteiger partial charge in [0.1, 0.15) is 0 Å². The Morgan fingerprint density at radius 3 is 2.89 bits per heavy atom. The minimum absolute atomic E-state index is 0.510. The maximum atomic E-state index is 5.63. The highest BCUT2D eigenvalue weighted by atomic mass is 16.5. The van der Waals surface area contributed by atoms with Crippen molar-refractivity contribution >= 4 is 11.4 Å². The molecule has 3 nitrogen and oxygen atoms in total. The summed E-state index contributed by atoms with van der Waals surface area (Å²) in [5.74, 6) is 0. The first-order chi connectivity index (χ1) is 8.77. The molecule has 100 valence electrons. The molecule has 1 heterocycles. The second-order valence-corrected chi connectivity index (χ2v) is 5.12. The van der Waals surface area contributed by atoms with Crippen molar-refractivity contribution in [3.63, 3.8) is 0 Å². The van der Waals surface area contributed by atoms with Crippen LogP contribution in [0.2, 0.25) is 0 Å². The monoisotopic (exact) mass is 248 g/mol. The first kappa shape index (κ1) is 13.2. The van der Waals surface area contributed by atoms with E-state index in [9.17, 15) is 0 Å². The number of nitrogens with zero attached hydrogens (tertiary/aromatic N) is 1. The predicted molar refractivity (Wildman–Crippen MR) is 77.5 cm³/mol. The molecule has 1 fully saturated rings. The number of benzene rings is 1. The summed E-state index contributed by atoms with van der Waals surface area (Å²) in [6.45, 7) is 1.98. The molecule has 1 aromatic carbocycles. The molecular weight excluding hydrogens is 224 g/mol. The minimum atomic E-state index is 0.510. The van der Waals surface area contributed by atoms with E-state index in [4.69, 9.17) is 4.74 Å². The Labute approximate surface area is 110 Å². The van der Waals surface area contributed by atoms with Crippen LogP contribution in [0.3, 0.4) is 0 Å². The Morgan fingerprint density at radius 1 is 1.33 bits per heavy atom. The van der Waals surface area contributed by atoms with Crippen molar-refractivity contribution in [2.24, 2.45) is 0 Å². The van der Waals surface area contributed by atoms with Crippen molar-refractivity contribution in [3.8, 4) is 0 Å². The van der Waals surface area contributed by atoms with Crippen LogP contribution in [0, 0.1) is 0 Å². The van der Waals surface area contributed by atoms with E-state index in [1.54, 1.807) is 0 Å². The molecule has 0 bridgehead atoms. The molecule has 1 aliphatic rings. The van der Waals surface area contributed by atoms with E-state index in [2.05, 4.69) is 48.6 Å². The highest BCUT2D eigenvalue weighted by Crippen LogP contribution is 2.23. The van der Waals surface area contributed by atoms with Gasteiger partial charge in [-0.3, -0.25) is 0 Å². The zero-order chi connectivity index (χ0) is 12.8. The molecule has 1 aliphatic heterocycles. The lowest BCUT2D eigenvalue weighted by molar-refractivity contribution is 0.103. The van der Waals surface area contributed by atoms with Gasteiger partial charge in [-0.05, 0) is 37.8 Å². The zero-order valence-corrected chi connectivity index (χ0v) is 11.5. The SMILES string of the molecule is CN(C)c1ccccc1NCCCC1CCCO1. The van der Waals surface area contributed by atoms with Crippen LogP contribution >= 0.6 is 0 Å². The van der Waals surface area contributed by atoms with E-state index in [-0.39, 0.29) is 0 Å². The Balaban J connectivity index is 1.75. The molecule has 1 atom stereocenters. The van der Waals surface area contributed by atoms with Crippen LogP contribution in [0.25, 0.3) is 0 Å². The van der Waals surface area contributed by atoms with Crippen LogP contribution in [0.5, 0.6) is 0 Å². The summed E-state index contributed by atoms with van der Waals surface area (Å²) in [7, 11) is 4.15. The lowest BCUT2D eigenvalue weighted by Gasteiger charge is -2.18. The van der Waals surface area contributed by atoms with E-state index in [0.29, 0.717) is 6.10 Å². The average molecular weight is 248 g/mol. The van der Waals surface area contributed by atoms with Gasteiger partial charge in [-0.1, -0.05) is 12.1 Å². The second kappa shape index (κ2) is 6.64. The van der Waals surface area contributed by atoms with E-state index < -0.39 is 0 Å². The third kappa shape index (κ3) is 3.64. The second-order valence-electron chi connectivity index (χ2n) is 5.12. The smallest absolute Gasteiger partial charge is 0.0596 e. The van der Waals surface area contributed by atoms with Crippen molar-refractivity contribution in [3.05, 3.63) is 24.3 Å². The Bertz CT molecular complexity index is 359. The lowest BCUT2D eigenvalue weighted by Crippen LogP contribution is -2.13. The fraction of sp³-hybridized carbons (Fsp3) is 0.600. The van der Waals surface area contributed by atoms with Crippen LogP contribution < -0.4 is 10.2 Å². The van der Waals surface area contributed by atoms with Gasteiger partial charge < -0.3 is 15.0 Å². The largest absolute Gasteiger partial charge is 0.383 e. The quantitative estimate of drug-likeness (QED) is 0.783. The molecule has 2 rings (SSSR count). The minimum Gasteiger partial charge on any atom is -0.383 e. The summed E-state index contributed by atoms with van der Waals surface area (Å²) in [5, 5.41) is 3.52. The van der Waals surface area contributed by atoms with Gasteiger partial charge in [-0.2, -0.15) is 0 Å². The molecule has 0 amide bonds. The number of nitrogens with one attached hydrogen (secondary N) is 1. The zero-order valence-electron chi connectivity index (χ0n) is 11.5. The molecule has 1 aromatic rings. The maximum absolute atomic E-state index is 5.63. The summed E-state index contributed by atoms with van der Waals surface area (Å²) < 4.78 is 5.63. The molecule has 0 aromatic heterocycles. The van der Waals surface area contributed by atoms with Crippen molar-refractivity contribution in [2.45, 2.75) is 31.8 Å². The first-order valence-corrected chi connectivity index (χ1v) is 6.89. The lowest BCUT2D eigenvalue weighted by atomic mass is 10.1. The molecule has 3 heteroatoms. The molecule has 0 saturated carbocycles. The van der Waals surface area contributed by atoms with Crippen molar-refractivity contribution < 1.29 is 4.74 Å². The predicted octanol–water partition coefficient (Wildman–Crippen LogP) is 3.12. The standard InChI is InChI=1S/C15H24N2O/c1-17(2)15-10-4-3-9-14(15)16-11-5-7-13-8-6-12-18-13/h3-4,9-10,13,16H,5-8,11-12H2,1-2H3. The third-order valence-electron chi connectivity index (χ3n) is 3.43. The van der Waals surface area contributed by atoms with Gasteiger partial charge in [0.15, 0.2) is 0 Å². The van der Waals surface area contributed by atoms with Crippen LogP contribution in [-0.2, 0) is 4.74 Å². The van der Waals surface area contributed by atoms with Gasteiger partial charge in [0.25, 0.3) is 0 Å². The van der Waals surface area contributed by atoms with Gasteiger partial charge in [-0.15, -0.1) is 0 Å². The molecule has 1 N–H and O–H groups in total. The fourth-order valence-electron chi connectivity index (χ4n) is 2.44. The van der Waals surface area contributed by atoms with Crippen LogP contribution in [-0.4, -0.2) is 33.4 Å². The molecule has 0 radical (unpaired) electrons. The van der Waals surface area contributed by atoms with E-state index in [1.807, 2.05) is 0 Å². The van der Waals surface area contributed by atoms with Crippen molar-refractivity contribution in [1.29, 1.82) is 0 Å². The summed E-state index contributed by atoms with van der Waals surface area (Å²) in [5.41, 5.74) is 2.46. The van der Waals surface area contributed by atoms with E-state index in [0.717, 1.165) is 13.2 Å².